The number of benzene rings is 1. The Hall–Kier alpha value is -2.93. The first-order chi connectivity index (χ1) is 11.1. The zero-order valence-electron chi connectivity index (χ0n) is 13.3. The number of rotatable bonds is 5. The number of nitrogens with zero attached hydrogens (tertiary/aromatic N) is 2. The molecule has 4 nitrogen and oxygen atoms in total. The third-order valence-corrected chi connectivity index (χ3v) is 3.71. The van der Waals surface area contributed by atoms with Crippen LogP contribution < -0.4 is 5.32 Å². The van der Waals surface area contributed by atoms with E-state index in [1.165, 1.54) is 11.6 Å². The summed E-state index contributed by atoms with van der Waals surface area (Å²) < 4.78 is 0. The highest BCUT2D eigenvalue weighted by atomic mass is 16.1. The van der Waals surface area contributed by atoms with Crippen molar-refractivity contribution in [3.63, 3.8) is 0 Å². The van der Waals surface area contributed by atoms with Gasteiger partial charge in [-0.3, -0.25) is 9.78 Å². The van der Waals surface area contributed by atoms with Gasteiger partial charge in [-0.15, -0.1) is 0 Å². The zero-order chi connectivity index (χ0) is 16.7. The molecule has 0 saturated heterocycles. The highest BCUT2D eigenvalue weighted by Gasteiger charge is 2.10. The van der Waals surface area contributed by atoms with Gasteiger partial charge < -0.3 is 5.32 Å². The van der Waals surface area contributed by atoms with Gasteiger partial charge in [0.2, 0.25) is 0 Å². The average Bonchev–Trinajstić information content (AvgIpc) is 2.60. The van der Waals surface area contributed by atoms with Crippen molar-refractivity contribution in [2.75, 3.05) is 5.32 Å². The van der Waals surface area contributed by atoms with Gasteiger partial charge in [0.15, 0.2) is 0 Å². The van der Waals surface area contributed by atoms with E-state index in [1.54, 1.807) is 24.5 Å². The highest BCUT2D eigenvalue weighted by Crippen LogP contribution is 2.20. The van der Waals surface area contributed by atoms with Gasteiger partial charge in [0.1, 0.15) is 11.6 Å². The van der Waals surface area contributed by atoms with Crippen molar-refractivity contribution < 1.29 is 4.79 Å². The topological polar surface area (TPSA) is 65.8 Å². The molecule has 0 bridgehead atoms. The Balaban J connectivity index is 2.11. The van der Waals surface area contributed by atoms with Crippen LogP contribution in [0.2, 0.25) is 0 Å². The lowest BCUT2D eigenvalue weighted by Gasteiger charge is -2.10. The Morgan fingerprint density at radius 1 is 1.35 bits per heavy atom. The SMILES string of the molecule is CC[C@@H](C)c1ccc(NC(=O)/C(C#N)=C/c2cccnc2)cc1. The Kier molecular flexibility index (Phi) is 5.65. The maximum Gasteiger partial charge on any atom is 0.266 e. The predicted molar refractivity (Wildman–Crippen MR) is 91.6 cm³/mol. The number of amides is 1. The van der Waals surface area contributed by atoms with E-state index < -0.39 is 5.91 Å². The van der Waals surface area contributed by atoms with Crippen molar-refractivity contribution in [1.82, 2.24) is 4.98 Å². The van der Waals surface area contributed by atoms with Crippen molar-refractivity contribution >= 4 is 17.7 Å². The second kappa shape index (κ2) is 7.90. The molecule has 1 aromatic carbocycles. The quantitative estimate of drug-likeness (QED) is 0.667. The van der Waals surface area contributed by atoms with Gasteiger partial charge >= 0.3 is 0 Å². The molecule has 116 valence electrons. The van der Waals surface area contributed by atoms with Crippen LogP contribution in [0.25, 0.3) is 6.08 Å². The molecule has 0 aliphatic rings. The van der Waals surface area contributed by atoms with Gasteiger partial charge in [0.25, 0.3) is 5.91 Å². The third-order valence-electron chi connectivity index (χ3n) is 3.71. The normalized spacial score (nSPS) is 12.3. The maximum absolute atomic E-state index is 12.2. The number of carbonyl (C=O) groups excluding carboxylic acids is 1. The molecule has 1 atom stereocenters. The fraction of sp³-hybridized carbons (Fsp3) is 0.211. The first kappa shape index (κ1) is 16.4. The van der Waals surface area contributed by atoms with E-state index in [0.29, 0.717) is 17.2 Å². The summed E-state index contributed by atoms with van der Waals surface area (Å²) >= 11 is 0. The van der Waals surface area contributed by atoms with Crippen molar-refractivity contribution in [2.45, 2.75) is 26.2 Å². The van der Waals surface area contributed by atoms with Crippen molar-refractivity contribution in [2.24, 2.45) is 0 Å². The van der Waals surface area contributed by atoms with Gasteiger partial charge in [-0.1, -0.05) is 32.0 Å². The molecule has 0 unspecified atom stereocenters. The number of nitrogens with one attached hydrogen (secondary N) is 1. The molecule has 2 rings (SSSR count). The Labute approximate surface area is 136 Å². The molecular formula is C19H19N3O. The van der Waals surface area contributed by atoms with E-state index in [2.05, 4.69) is 24.1 Å². The van der Waals surface area contributed by atoms with Gasteiger partial charge in [-0.2, -0.15) is 5.26 Å². The lowest BCUT2D eigenvalue weighted by molar-refractivity contribution is -0.112. The lowest BCUT2D eigenvalue weighted by atomic mass is 9.98. The summed E-state index contributed by atoms with van der Waals surface area (Å²) in [4.78, 5) is 16.2. The summed E-state index contributed by atoms with van der Waals surface area (Å²) in [5.74, 6) is 0.0625. The molecule has 4 heteroatoms. The fourth-order valence-corrected chi connectivity index (χ4v) is 2.11. The van der Waals surface area contributed by atoms with Gasteiger partial charge in [0.05, 0.1) is 0 Å². The summed E-state index contributed by atoms with van der Waals surface area (Å²) in [5.41, 5.74) is 2.67. The number of hydrogen-bond donors (Lipinski definition) is 1. The van der Waals surface area contributed by atoms with Crippen molar-refractivity contribution in [3.05, 3.63) is 65.5 Å². The molecule has 0 fully saturated rings. The first-order valence-corrected chi connectivity index (χ1v) is 7.57. The lowest BCUT2D eigenvalue weighted by Crippen LogP contribution is -2.13. The van der Waals surface area contributed by atoms with Crippen LogP contribution in [-0.2, 0) is 4.79 Å². The van der Waals surface area contributed by atoms with E-state index in [0.717, 1.165) is 6.42 Å². The van der Waals surface area contributed by atoms with Crippen LogP contribution in [0.15, 0.2) is 54.4 Å². The number of nitriles is 1. The molecule has 0 saturated carbocycles. The Morgan fingerprint density at radius 3 is 2.65 bits per heavy atom. The molecule has 0 radical (unpaired) electrons. The molecule has 1 heterocycles. The van der Waals surface area contributed by atoms with E-state index >= 15 is 0 Å². The maximum atomic E-state index is 12.2. The highest BCUT2D eigenvalue weighted by molar-refractivity contribution is 6.09. The first-order valence-electron chi connectivity index (χ1n) is 7.57. The molecule has 1 amide bonds. The summed E-state index contributed by atoms with van der Waals surface area (Å²) in [6.45, 7) is 4.31. The minimum atomic E-state index is -0.423. The average molecular weight is 305 g/mol. The van der Waals surface area contributed by atoms with Crippen LogP contribution in [0, 0.1) is 11.3 Å². The predicted octanol–water partition coefficient (Wildman–Crippen LogP) is 4.14. The molecule has 0 spiro atoms. The van der Waals surface area contributed by atoms with Crippen LogP contribution in [0.1, 0.15) is 37.3 Å². The van der Waals surface area contributed by atoms with Gasteiger partial charge in [-0.25, -0.2) is 0 Å². The smallest absolute Gasteiger partial charge is 0.266 e. The van der Waals surface area contributed by atoms with Crippen LogP contribution in [0.5, 0.6) is 0 Å². The standard InChI is InChI=1S/C19H19N3O/c1-3-14(2)16-6-8-18(9-7-16)22-19(23)17(12-20)11-15-5-4-10-21-13-15/h4-11,13-14H,3H2,1-2H3,(H,22,23)/b17-11+/t14-/m1/s1. The van der Waals surface area contributed by atoms with E-state index in [1.807, 2.05) is 30.3 Å². The fourth-order valence-electron chi connectivity index (χ4n) is 2.11. The Bertz CT molecular complexity index is 727. The monoisotopic (exact) mass is 305 g/mol. The number of aromatic nitrogens is 1. The van der Waals surface area contributed by atoms with Crippen LogP contribution in [0.3, 0.4) is 0 Å². The minimum absolute atomic E-state index is 0.0454. The molecule has 2 aromatic rings. The number of carbonyl (C=O) groups is 1. The van der Waals surface area contributed by atoms with Crippen molar-refractivity contribution in [3.8, 4) is 6.07 Å². The second-order valence-corrected chi connectivity index (χ2v) is 5.34. The summed E-state index contributed by atoms with van der Waals surface area (Å²) in [5, 5.41) is 11.9. The summed E-state index contributed by atoms with van der Waals surface area (Å²) in [6.07, 6.45) is 5.84. The van der Waals surface area contributed by atoms with Crippen LogP contribution in [-0.4, -0.2) is 10.9 Å². The largest absolute Gasteiger partial charge is 0.321 e. The molecule has 0 aliphatic heterocycles. The van der Waals surface area contributed by atoms with Crippen molar-refractivity contribution in [1.29, 1.82) is 5.26 Å². The molecular weight excluding hydrogens is 286 g/mol. The zero-order valence-corrected chi connectivity index (χ0v) is 13.3. The molecule has 23 heavy (non-hydrogen) atoms. The number of pyridine rings is 1. The third kappa shape index (κ3) is 4.52. The van der Waals surface area contributed by atoms with E-state index in [9.17, 15) is 10.1 Å². The van der Waals surface area contributed by atoms with Gasteiger partial charge in [0, 0.05) is 18.1 Å². The summed E-state index contributed by atoms with van der Waals surface area (Å²) in [6, 6.07) is 13.2. The minimum Gasteiger partial charge on any atom is -0.321 e. The molecule has 0 aliphatic carbocycles. The molecule has 1 aromatic heterocycles. The summed E-state index contributed by atoms with van der Waals surface area (Å²) in [7, 11) is 0. The van der Waals surface area contributed by atoms with E-state index in [4.69, 9.17) is 0 Å². The number of hydrogen-bond acceptors (Lipinski definition) is 3. The Morgan fingerprint density at radius 2 is 2.09 bits per heavy atom. The van der Waals surface area contributed by atoms with Crippen LogP contribution in [0.4, 0.5) is 5.69 Å². The number of anilines is 1. The van der Waals surface area contributed by atoms with Crippen LogP contribution >= 0.6 is 0 Å². The van der Waals surface area contributed by atoms with E-state index in [-0.39, 0.29) is 5.57 Å². The molecule has 1 N–H and O–H groups in total. The van der Waals surface area contributed by atoms with Gasteiger partial charge in [-0.05, 0) is 47.7 Å². The second-order valence-electron chi connectivity index (χ2n) is 5.34.